The lowest BCUT2D eigenvalue weighted by Crippen LogP contribution is -2.33. The molecule has 1 aliphatic heterocycles. The molecular formula is C20H27N5. The zero-order valence-corrected chi connectivity index (χ0v) is 15.4. The van der Waals surface area contributed by atoms with Crippen LogP contribution in [0.5, 0.6) is 0 Å². The molecule has 0 spiro atoms. The van der Waals surface area contributed by atoms with Gasteiger partial charge in [0.1, 0.15) is 5.82 Å². The first-order valence-electron chi connectivity index (χ1n) is 9.30. The first kappa shape index (κ1) is 16.3. The molecule has 3 aromatic rings. The maximum atomic E-state index is 4.89. The maximum absolute atomic E-state index is 4.89. The Hall–Kier alpha value is -2.14. The zero-order valence-electron chi connectivity index (χ0n) is 15.4. The number of piperidine rings is 1. The largest absolute Gasteiger partial charge is 0.342 e. The van der Waals surface area contributed by atoms with E-state index in [0.717, 1.165) is 43.8 Å². The number of H-pyrrole nitrogens is 1. The number of hydrogen-bond acceptors (Lipinski definition) is 3. The summed E-state index contributed by atoms with van der Waals surface area (Å²) < 4.78 is 2.27. The Morgan fingerprint density at radius 1 is 1.24 bits per heavy atom. The van der Waals surface area contributed by atoms with Gasteiger partial charge in [0.2, 0.25) is 0 Å². The third-order valence-corrected chi connectivity index (χ3v) is 5.40. The van der Waals surface area contributed by atoms with E-state index < -0.39 is 0 Å². The van der Waals surface area contributed by atoms with Gasteiger partial charge in [-0.2, -0.15) is 0 Å². The minimum absolute atomic E-state index is 0.467. The van der Waals surface area contributed by atoms with Gasteiger partial charge in [0.25, 0.3) is 0 Å². The van der Waals surface area contributed by atoms with Gasteiger partial charge in [-0.15, -0.1) is 0 Å². The molecule has 2 aromatic heterocycles. The molecule has 0 aliphatic carbocycles. The van der Waals surface area contributed by atoms with Crippen LogP contribution in [0.25, 0.3) is 11.0 Å². The Labute approximate surface area is 149 Å². The van der Waals surface area contributed by atoms with E-state index in [2.05, 4.69) is 58.4 Å². The van der Waals surface area contributed by atoms with Crippen LogP contribution in [-0.4, -0.2) is 37.5 Å². The van der Waals surface area contributed by atoms with Crippen LogP contribution in [0.4, 0.5) is 0 Å². The Kier molecular flexibility index (Phi) is 4.34. The highest BCUT2D eigenvalue weighted by molar-refractivity contribution is 5.78. The molecule has 1 aromatic carbocycles. The highest BCUT2D eigenvalue weighted by Gasteiger charge is 2.24. The number of fused-ring (bicyclic) bond motifs is 1. The molecule has 1 fully saturated rings. The molecule has 0 unspecified atom stereocenters. The normalized spacial score (nSPS) is 17.0. The van der Waals surface area contributed by atoms with E-state index in [9.17, 15) is 0 Å². The van der Waals surface area contributed by atoms with E-state index in [1.54, 1.807) is 0 Å². The van der Waals surface area contributed by atoms with Crippen LogP contribution in [0.3, 0.4) is 0 Å². The average molecular weight is 337 g/mol. The van der Waals surface area contributed by atoms with Crippen LogP contribution in [-0.2, 0) is 6.54 Å². The zero-order chi connectivity index (χ0) is 17.4. The van der Waals surface area contributed by atoms with Crippen LogP contribution in [0.2, 0.25) is 0 Å². The fourth-order valence-corrected chi connectivity index (χ4v) is 3.90. The summed E-state index contributed by atoms with van der Waals surface area (Å²) in [6.45, 7) is 9.77. The van der Waals surface area contributed by atoms with Crippen LogP contribution in [0.1, 0.15) is 55.7 Å². The van der Waals surface area contributed by atoms with E-state index in [4.69, 9.17) is 4.98 Å². The molecule has 1 N–H and O–H groups in total. The number of rotatable bonds is 4. The summed E-state index contributed by atoms with van der Waals surface area (Å²) in [6, 6.07) is 6.82. The van der Waals surface area contributed by atoms with E-state index in [1.807, 2.05) is 12.5 Å². The molecular weight excluding hydrogens is 310 g/mol. The van der Waals surface area contributed by atoms with Crippen molar-refractivity contribution in [3.8, 4) is 0 Å². The van der Waals surface area contributed by atoms with Crippen molar-refractivity contribution in [3.63, 3.8) is 0 Å². The molecule has 132 valence electrons. The van der Waals surface area contributed by atoms with Crippen molar-refractivity contribution in [3.05, 3.63) is 47.8 Å². The number of nitrogens with one attached hydrogen (secondary N) is 1. The predicted octanol–water partition coefficient (Wildman–Crippen LogP) is 4.03. The summed E-state index contributed by atoms with van der Waals surface area (Å²) in [5.74, 6) is 1.70. The number of benzene rings is 1. The number of aromatic amines is 1. The van der Waals surface area contributed by atoms with Gasteiger partial charge in [-0.25, -0.2) is 9.97 Å². The van der Waals surface area contributed by atoms with Crippen molar-refractivity contribution in [2.45, 2.75) is 52.1 Å². The Morgan fingerprint density at radius 3 is 2.76 bits per heavy atom. The second-order valence-corrected chi connectivity index (χ2v) is 7.53. The summed E-state index contributed by atoms with van der Waals surface area (Å²) in [5, 5.41) is 0. The van der Waals surface area contributed by atoms with Crippen molar-refractivity contribution >= 4 is 11.0 Å². The fraction of sp³-hybridized carbons (Fsp3) is 0.500. The van der Waals surface area contributed by atoms with Crippen molar-refractivity contribution in [2.75, 3.05) is 13.1 Å². The quantitative estimate of drug-likeness (QED) is 0.782. The molecule has 5 nitrogen and oxygen atoms in total. The highest BCUT2D eigenvalue weighted by atomic mass is 15.2. The molecule has 0 amide bonds. The molecule has 3 heterocycles. The second-order valence-electron chi connectivity index (χ2n) is 7.53. The first-order chi connectivity index (χ1) is 12.1. The van der Waals surface area contributed by atoms with Gasteiger partial charge in [0.15, 0.2) is 0 Å². The van der Waals surface area contributed by atoms with Gasteiger partial charge in [-0.3, -0.25) is 4.90 Å². The fourth-order valence-electron chi connectivity index (χ4n) is 3.90. The molecule has 0 saturated carbocycles. The molecule has 0 radical (unpaired) electrons. The third-order valence-electron chi connectivity index (χ3n) is 5.40. The monoisotopic (exact) mass is 337 g/mol. The summed E-state index contributed by atoms with van der Waals surface area (Å²) in [5.41, 5.74) is 4.85. The number of para-hydroxylation sites is 1. The minimum atomic E-state index is 0.467. The van der Waals surface area contributed by atoms with Gasteiger partial charge in [0.05, 0.1) is 23.1 Å². The van der Waals surface area contributed by atoms with E-state index in [-0.39, 0.29) is 0 Å². The van der Waals surface area contributed by atoms with Crippen LogP contribution < -0.4 is 0 Å². The van der Waals surface area contributed by atoms with Gasteiger partial charge in [-0.05, 0) is 58.3 Å². The van der Waals surface area contributed by atoms with E-state index in [0.29, 0.717) is 12.0 Å². The number of aryl methyl sites for hydroxylation is 1. The van der Waals surface area contributed by atoms with Crippen molar-refractivity contribution in [2.24, 2.45) is 0 Å². The molecule has 4 rings (SSSR count). The lowest BCUT2D eigenvalue weighted by atomic mass is 9.96. The van der Waals surface area contributed by atoms with Gasteiger partial charge >= 0.3 is 0 Å². The third kappa shape index (κ3) is 3.21. The first-order valence-corrected chi connectivity index (χ1v) is 9.30. The molecule has 0 atom stereocenters. The predicted molar refractivity (Wildman–Crippen MR) is 101 cm³/mol. The summed E-state index contributed by atoms with van der Waals surface area (Å²) in [4.78, 5) is 15.3. The summed E-state index contributed by atoms with van der Waals surface area (Å²) in [7, 11) is 0. The topological polar surface area (TPSA) is 49.7 Å². The lowest BCUT2D eigenvalue weighted by molar-refractivity contribution is 0.197. The Morgan fingerprint density at radius 2 is 2.04 bits per heavy atom. The minimum Gasteiger partial charge on any atom is -0.342 e. The van der Waals surface area contributed by atoms with Gasteiger partial charge < -0.3 is 9.55 Å². The molecule has 5 heteroatoms. The Bertz CT molecular complexity index is 852. The maximum Gasteiger partial charge on any atom is 0.110 e. The van der Waals surface area contributed by atoms with Crippen molar-refractivity contribution in [1.82, 2.24) is 24.4 Å². The molecule has 0 bridgehead atoms. The number of likely N-dealkylation sites (tertiary alicyclic amines) is 1. The van der Waals surface area contributed by atoms with Crippen LogP contribution in [0, 0.1) is 6.92 Å². The average Bonchev–Trinajstić information content (AvgIpc) is 3.23. The number of imidazole rings is 2. The standard InChI is InChI=1S/C20H27N5/c1-14(2)25-13-21-11-17(25)12-24-9-7-16(8-10-24)20-22-18-6-4-5-15(3)19(18)23-20/h4-6,11,13-14,16H,7-10,12H2,1-3H3,(H,22,23). The number of hydrogen-bond donors (Lipinski definition) is 1. The Balaban J connectivity index is 1.42. The van der Waals surface area contributed by atoms with E-state index in [1.165, 1.54) is 16.8 Å². The van der Waals surface area contributed by atoms with Gasteiger partial charge in [-0.1, -0.05) is 12.1 Å². The number of aromatic nitrogens is 4. The van der Waals surface area contributed by atoms with Gasteiger partial charge in [0, 0.05) is 24.7 Å². The smallest absolute Gasteiger partial charge is 0.110 e. The lowest BCUT2D eigenvalue weighted by Gasteiger charge is -2.31. The van der Waals surface area contributed by atoms with Crippen LogP contribution in [0.15, 0.2) is 30.7 Å². The number of nitrogens with zero attached hydrogens (tertiary/aromatic N) is 4. The molecule has 1 aliphatic rings. The summed E-state index contributed by atoms with van der Waals surface area (Å²) in [6.07, 6.45) is 6.28. The SMILES string of the molecule is Cc1cccc2[nH]c(C3CCN(Cc4cncn4C(C)C)CC3)nc12. The summed E-state index contributed by atoms with van der Waals surface area (Å²) >= 11 is 0. The molecule has 25 heavy (non-hydrogen) atoms. The van der Waals surface area contributed by atoms with E-state index >= 15 is 0 Å². The highest BCUT2D eigenvalue weighted by Crippen LogP contribution is 2.29. The van der Waals surface area contributed by atoms with Crippen molar-refractivity contribution < 1.29 is 0 Å². The second kappa shape index (κ2) is 6.64. The van der Waals surface area contributed by atoms with Crippen LogP contribution >= 0.6 is 0 Å². The molecule has 1 saturated heterocycles. The van der Waals surface area contributed by atoms with Crippen molar-refractivity contribution in [1.29, 1.82) is 0 Å².